The molecule has 4 rings (SSSR count). The summed E-state index contributed by atoms with van der Waals surface area (Å²) in [7, 11) is 3.10. The molecule has 2 N–H and O–H groups in total. The molecule has 0 unspecified atom stereocenters. The number of carbonyl (C=O) groups is 1. The van der Waals surface area contributed by atoms with Crippen LogP contribution in [-0.4, -0.2) is 35.4 Å². The normalized spacial score (nSPS) is 11.4. The van der Waals surface area contributed by atoms with Gasteiger partial charge in [-0.3, -0.25) is 5.32 Å². The van der Waals surface area contributed by atoms with Gasteiger partial charge in [0.25, 0.3) is 0 Å². The van der Waals surface area contributed by atoms with E-state index in [1.54, 1.807) is 38.5 Å². The van der Waals surface area contributed by atoms with Crippen molar-refractivity contribution in [2.75, 3.05) is 24.9 Å². The lowest BCUT2D eigenvalue weighted by Crippen LogP contribution is -2.20. The maximum atomic E-state index is 14.5. The van der Waals surface area contributed by atoms with Crippen LogP contribution in [0, 0.1) is 5.82 Å². The Labute approximate surface area is 205 Å². The molecule has 0 spiro atoms. The third kappa shape index (κ3) is 5.46. The van der Waals surface area contributed by atoms with Gasteiger partial charge in [-0.1, -0.05) is 37.7 Å². The number of hydrogen-bond donors (Lipinski definition) is 2. The fraction of sp³-hybridized carbons (Fsp3) is 0.250. The minimum Gasteiger partial charge on any atom is -0.493 e. The van der Waals surface area contributed by atoms with Gasteiger partial charge in [0.05, 0.1) is 25.4 Å². The predicted molar refractivity (Wildman–Crippen MR) is 131 cm³/mol. The zero-order valence-corrected chi connectivity index (χ0v) is 20.6. The number of carbonyl (C=O) groups excluding carboxylic acids is 1. The SMILES string of the molecule is COc1cc2ncnc(Sc3ccc(F)c(NC(=O)Nc4cc(C(C)(C)C)on4)c3)c2cc1OC. The van der Waals surface area contributed by atoms with Crippen molar-refractivity contribution in [2.24, 2.45) is 0 Å². The summed E-state index contributed by atoms with van der Waals surface area (Å²) in [4.78, 5) is 21.8. The van der Waals surface area contributed by atoms with E-state index in [4.69, 9.17) is 14.0 Å². The average Bonchev–Trinajstić information content (AvgIpc) is 3.29. The molecule has 11 heteroatoms. The molecule has 2 amide bonds. The van der Waals surface area contributed by atoms with E-state index in [-0.39, 0.29) is 16.9 Å². The van der Waals surface area contributed by atoms with Crippen LogP contribution in [0.15, 0.2) is 57.2 Å². The van der Waals surface area contributed by atoms with Crippen LogP contribution in [0.25, 0.3) is 10.9 Å². The monoisotopic (exact) mass is 497 g/mol. The molecule has 4 aromatic rings. The minimum atomic E-state index is -0.649. The van der Waals surface area contributed by atoms with Crippen LogP contribution in [-0.2, 0) is 5.41 Å². The highest BCUT2D eigenvalue weighted by atomic mass is 32.2. The van der Waals surface area contributed by atoms with Crippen LogP contribution in [0.2, 0.25) is 0 Å². The van der Waals surface area contributed by atoms with Crippen molar-refractivity contribution in [2.45, 2.75) is 36.1 Å². The van der Waals surface area contributed by atoms with Crippen LogP contribution in [0.1, 0.15) is 26.5 Å². The summed E-state index contributed by atoms with van der Waals surface area (Å²) in [5.74, 6) is 1.35. The van der Waals surface area contributed by atoms with E-state index in [9.17, 15) is 9.18 Å². The molecule has 0 aliphatic carbocycles. The van der Waals surface area contributed by atoms with E-state index < -0.39 is 11.8 Å². The van der Waals surface area contributed by atoms with Gasteiger partial charge in [0, 0.05) is 27.8 Å². The molecule has 9 nitrogen and oxygen atoms in total. The summed E-state index contributed by atoms with van der Waals surface area (Å²) in [6, 6.07) is 8.93. The predicted octanol–water partition coefficient (Wildman–Crippen LogP) is 5.87. The summed E-state index contributed by atoms with van der Waals surface area (Å²) < 4.78 is 30.4. The van der Waals surface area contributed by atoms with Gasteiger partial charge >= 0.3 is 6.03 Å². The summed E-state index contributed by atoms with van der Waals surface area (Å²) in [6.45, 7) is 5.88. The molecule has 0 aliphatic rings. The topological polar surface area (TPSA) is 111 Å². The van der Waals surface area contributed by atoms with Crippen molar-refractivity contribution in [3.63, 3.8) is 0 Å². The number of nitrogens with zero attached hydrogens (tertiary/aromatic N) is 3. The number of aromatic nitrogens is 3. The summed E-state index contributed by atoms with van der Waals surface area (Å²) in [5, 5.41) is 10.3. The third-order valence-electron chi connectivity index (χ3n) is 5.00. The molecular weight excluding hydrogens is 473 g/mol. The second kappa shape index (κ2) is 9.79. The molecule has 182 valence electrons. The molecule has 2 aromatic carbocycles. The van der Waals surface area contributed by atoms with Crippen LogP contribution in [0.3, 0.4) is 0 Å². The van der Waals surface area contributed by atoms with Crippen molar-refractivity contribution < 1.29 is 23.2 Å². The molecule has 0 saturated carbocycles. The highest BCUT2D eigenvalue weighted by Crippen LogP contribution is 2.38. The lowest BCUT2D eigenvalue weighted by Gasteiger charge is -2.12. The molecule has 0 saturated heterocycles. The van der Waals surface area contributed by atoms with Gasteiger partial charge in [-0.25, -0.2) is 19.2 Å². The van der Waals surface area contributed by atoms with Gasteiger partial charge in [-0.2, -0.15) is 0 Å². The standard InChI is InChI=1S/C24H24FN5O4S/c1-24(2,3)20-11-21(30-34-20)29-23(31)28-17-8-13(6-7-15(17)25)35-22-14-9-18(32-4)19(33-5)10-16(14)26-12-27-22/h6-12H,1-5H3,(H2,28,29,30,31). The summed E-state index contributed by atoms with van der Waals surface area (Å²) in [5.41, 5.74) is 0.411. The van der Waals surface area contributed by atoms with Gasteiger partial charge in [0.2, 0.25) is 0 Å². The smallest absolute Gasteiger partial charge is 0.325 e. The Morgan fingerprint density at radius 3 is 2.46 bits per heavy atom. The molecule has 0 atom stereocenters. The maximum absolute atomic E-state index is 14.5. The van der Waals surface area contributed by atoms with Crippen molar-refractivity contribution in [1.82, 2.24) is 15.1 Å². The molecule has 0 fully saturated rings. The largest absolute Gasteiger partial charge is 0.493 e. The van der Waals surface area contributed by atoms with Gasteiger partial charge in [0.15, 0.2) is 17.3 Å². The summed E-state index contributed by atoms with van der Waals surface area (Å²) >= 11 is 1.30. The molecule has 0 aliphatic heterocycles. The highest BCUT2D eigenvalue weighted by Gasteiger charge is 2.20. The first kappa shape index (κ1) is 24.3. The zero-order valence-electron chi connectivity index (χ0n) is 19.8. The van der Waals surface area contributed by atoms with Crippen LogP contribution < -0.4 is 20.1 Å². The van der Waals surface area contributed by atoms with Crippen LogP contribution in [0.5, 0.6) is 11.5 Å². The fourth-order valence-electron chi connectivity index (χ4n) is 3.17. The number of rotatable bonds is 6. The minimum absolute atomic E-state index is 0.00431. The van der Waals surface area contributed by atoms with Gasteiger partial charge in [0.1, 0.15) is 22.9 Å². The van der Waals surface area contributed by atoms with E-state index in [2.05, 4.69) is 25.8 Å². The Morgan fingerprint density at radius 2 is 1.77 bits per heavy atom. The lowest BCUT2D eigenvalue weighted by molar-refractivity contribution is 0.261. The number of urea groups is 1. The second-order valence-corrected chi connectivity index (χ2v) is 9.61. The number of benzene rings is 2. The lowest BCUT2D eigenvalue weighted by atomic mass is 9.93. The first-order chi connectivity index (χ1) is 16.7. The van der Waals surface area contributed by atoms with Crippen LogP contribution >= 0.6 is 11.8 Å². The molecule has 2 heterocycles. The molecular formula is C24H24FN5O4S. The number of halogens is 1. The van der Waals surface area contributed by atoms with E-state index >= 15 is 0 Å². The van der Waals surface area contributed by atoms with Gasteiger partial charge in [-0.15, -0.1) is 0 Å². The van der Waals surface area contributed by atoms with Crippen molar-refractivity contribution in [3.05, 3.63) is 54.3 Å². The Hall–Kier alpha value is -3.86. The molecule has 0 radical (unpaired) electrons. The molecule has 35 heavy (non-hydrogen) atoms. The van der Waals surface area contributed by atoms with Gasteiger partial charge < -0.3 is 19.3 Å². The Morgan fingerprint density at radius 1 is 1.03 bits per heavy atom. The Balaban J connectivity index is 1.54. The van der Waals surface area contributed by atoms with Crippen molar-refractivity contribution >= 4 is 40.2 Å². The number of anilines is 2. The quantitative estimate of drug-likeness (QED) is 0.318. The fourth-order valence-corrected chi connectivity index (χ4v) is 4.08. The Kier molecular flexibility index (Phi) is 6.79. The highest BCUT2D eigenvalue weighted by molar-refractivity contribution is 7.99. The van der Waals surface area contributed by atoms with E-state index in [1.807, 2.05) is 20.8 Å². The van der Waals surface area contributed by atoms with E-state index in [1.165, 1.54) is 30.2 Å². The van der Waals surface area contributed by atoms with Crippen molar-refractivity contribution in [3.8, 4) is 11.5 Å². The number of nitrogens with one attached hydrogen (secondary N) is 2. The van der Waals surface area contributed by atoms with Gasteiger partial charge in [-0.05, 0) is 24.3 Å². The van der Waals surface area contributed by atoms with E-state index in [0.717, 1.165) is 5.39 Å². The third-order valence-corrected chi connectivity index (χ3v) is 6.00. The maximum Gasteiger partial charge on any atom is 0.325 e. The van der Waals surface area contributed by atoms with Crippen molar-refractivity contribution in [1.29, 1.82) is 0 Å². The number of fused-ring (bicyclic) bond motifs is 1. The first-order valence-electron chi connectivity index (χ1n) is 10.6. The first-order valence-corrected chi connectivity index (χ1v) is 11.4. The number of methoxy groups -OCH3 is 2. The Bertz CT molecular complexity index is 1390. The number of ether oxygens (including phenoxy) is 2. The molecule has 0 bridgehead atoms. The average molecular weight is 498 g/mol. The zero-order chi connectivity index (χ0) is 25.2. The van der Waals surface area contributed by atoms with E-state index in [0.29, 0.717) is 32.7 Å². The van der Waals surface area contributed by atoms with Crippen LogP contribution in [0.4, 0.5) is 20.7 Å². The number of hydrogen-bond acceptors (Lipinski definition) is 8. The second-order valence-electron chi connectivity index (χ2n) is 8.55. The summed E-state index contributed by atoms with van der Waals surface area (Å²) in [6.07, 6.45) is 1.44. The number of amides is 2. The molecule has 2 aromatic heterocycles.